The van der Waals surface area contributed by atoms with Gasteiger partial charge in [0.15, 0.2) is 18.1 Å². The van der Waals surface area contributed by atoms with Crippen LogP contribution in [0.15, 0.2) is 24.3 Å². The number of hydrogen-bond acceptors (Lipinski definition) is 4. The largest absolute Gasteiger partial charge is 0.493 e. The van der Waals surface area contributed by atoms with Crippen molar-refractivity contribution in [3.05, 3.63) is 29.8 Å². The van der Waals surface area contributed by atoms with Crippen LogP contribution in [0.5, 0.6) is 11.5 Å². The van der Waals surface area contributed by atoms with Crippen molar-refractivity contribution in [2.45, 2.75) is 19.8 Å². The smallest absolute Gasteiger partial charge is 0.258 e. The number of benzene rings is 1. The molecule has 0 unspecified atom stereocenters. The van der Waals surface area contributed by atoms with Gasteiger partial charge in [0, 0.05) is 13.1 Å². The number of rotatable bonds is 7. The van der Waals surface area contributed by atoms with E-state index in [9.17, 15) is 9.59 Å². The van der Waals surface area contributed by atoms with Gasteiger partial charge in [-0.25, -0.2) is 0 Å². The van der Waals surface area contributed by atoms with E-state index in [0.717, 1.165) is 31.5 Å². The van der Waals surface area contributed by atoms with Crippen LogP contribution in [0.3, 0.4) is 0 Å². The highest BCUT2D eigenvalue weighted by molar-refractivity contribution is 5.85. The van der Waals surface area contributed by atoms with Gasteiger partial charge in [0.2, 0.25) is 5.91 Å². The van der Waals surface area contributed by atoms with Crippen LogP contribution in [0.25, 0.3) is 6.08 Å². The Balaban J connectivity index is 1.81. The summed E-state index contributed by atoms with van der Waals surface area (Å²) in [7, 11) is 1.55. The minimum absolute atomic E-state index is 0.0135. The van der Waals surface area contributed by atoms with Gasteiger partial charge in [0.05, 0.1) is 13.7 Å². The van der Waals surface area contributed by atoms with Crippen LogP contribution >= 0.6 is 0 Å². The first-order valence-electron chi connectivity index (χ1n) is 8.12. The van der Waals surface area contributed by atoms with E-state index in [1.165, 1.54) is 0 Å². The predicted octanol–water partition coefficient (Wildman–Crippen LogP) is 1.85. The third kappa shape index (κ3) is 5.01. The molecule has 0 bridgehead atoms. The Kier molecular flexibility index (Phi) is 6.66. The van der Waals surface area contributed by atoms with Crippen LogP contribution in [0.1, 0.15) is 25.3 Å². The Morgan fingerprint density at radius 2 is 2.00 bits per heavy atom. The quantitative estimate of drug-likeness (QED) is 0.827. The molecule has 0 aliphatic carbocycles. The number of amides is 2. The maximum Gasteiger partial charge on any atom is 0.258 e. The first-order chi connectivity index (χ1) is 11.6. The lowest BCUT2D eigenvalue weighted by atomic mass is 10.2. The molecule has 1 aromatic carbocycles. The molecule has 1 aromatic rings. The van der Waals surface area contributed by atoms with Gasteiger partial charge in [0.25, 0.3) is 5.91 Å². The molecule has 1 aliphatic heterocycles. The summed E-state index contributed by atoms with van der Waals surface area (Å²) >= 11 is 0. The molecule has 1 saturated heterocycles. The summed E-state index contributed by atoms with van der Waals surface area (Å²) in [6.45, 7) is 3.35. The molecule has 0 aromatic heterocycles. The van der Waals surface area contributed by atoms with E-state index in [4.69, 9.17) is 9.47 Å². The van der Waals surface area contributed by atoms with Crippen molar-refractivity contribution in [2.75, 3.05) is 33.4 Å². The summed E-state index contributed by atoms with van der Waals surface area (Å²) in [6.07, 6.45) is 5.95. The van der Waals surface area contributed by atoms with E-state index in [-0.39, 0.29) is 25.0 Å². The Labute approximate surface area is 142 Å². The Morgan fingerprint density at radius 3 is 2.67 bits per heavy atom. The molecule has 1 fully saturated rings. The maximum absolute atomic E-state index is 11.9. The number of hydrogen-bond donors (Lipinski definition) is 1. The standard InChI is InChI=1S/C18H24N2O4/c1-3-6-14-7-8-15(16(11-14)23-2)24-13-17(21)19-12-18(22)20-9-4-5-10-20/h3,6-8,11H,4-5,9-10,12-13H2,1-2H3,(H,19,21)/b6-3+. The fourth-order valence-corrected chi connectivity index (χ4v) is 2.55. The number of carbonyl (C=O) groups excluding carboxylic acids is 2. The Morgan fingerprint density at radius 1 is 1.25 bits per heavy atom. The van der Waals surface area contributed by atoms with Crippen molar-refractivity contribution in [2.24, 2.45) is 0 Å². The second-order valence-electron chi connectivity index (χ2n) is 5.56. The highest BCUT2D eigenvalue weighted by Crippen LogP contribution is 2.28. The van der Waals surface area contributed by atoms with Crippen molar-refractivity contribution < 1.29 is 19.1 Å². The van der Waals surface area contributed by atoms with Crippen molar-refractivity contribution in [3.63, 3.8) is 0 Å². The fraction of sp³-hybridized carbons (Fsp3) is 0.444. The van der Waals surface area contributed by atoms with E-state index in [0.29, 0.717) is 11.5 Å². The SMILES string of the molecule is C/C=C/c1ccc(OCC(=O)NCC(=O)N2CCCC2)c(OC)c1. The second kappa shape index (κ2) is 8.96. The zero-order chi connectivity index (χ0) is 17.4. The molecule has 6 heteroatoms. The fourth-order valence-electron chi connectivity index (χ4n) is 2.55. The van der Waals surface area contributed by atoms with Crippen LogP contribution in [0.2, 0.25) is 0 Å². The zero-order valence-corrected chi connectivity index (χ0v) is 14.2. The van der Waals surface area contributed by atoms with Gasteiger partial charge in [0.1, 0.15) is 0 Å². The molecule has 0 atom stereocenters. The maximum atomic E-state index is 11.9. The molecule has 130 valence electrons. The lowest BCUT2D eigenvalue weighted by Gasteiger charge is -2.15. The molecule has 1 heterocycles. The molecule has 1 N–H and O–H groups in total. The number of methoxy groups -OCH3 is 1. The monoisotopic (exact) mass is 332 g/mol. The zero-order valence-electron chi connectivity index (χ0n) is 14.2. The van der Waals surface area contributed by atoms with Crippen LogP contribution in [0, 0.1) is 0 Å². The molecular weight excluding hydrogens is 308 g/mol. The van der Waals surface area contributed by atoms with Gasteiger partial charge < -0.3 is 19.7 Å². The topological polar surface area (TPSA) is 67.9 Å². The van der Waals surface area contributed by atoms with E-state index in [1.807, 2.05) is 31.2 Å². The first kappa shape index (κ1) is 17.8. The number of nitrogens with zero attached hydrogens (tertiary/aromatic N) is 1. The van der Waals surface area contributed by atoms with Gasteiger partial charge >= 0.3 is 0 Å². The highest BCUT2D eigenvalue weighted by Gasteiger charge is 2.18. The average Bonchev–Trinajstić information content (AvgIpc) is 3.13. The molecule has 1 aliphatic rings. The lowest BCUT2D eigenvalue weighted by Crippen LogP contribution is -2.40. The van der Waals surface area contributed by atoms with E-state index in [2.05, 4.69) is 5.32 Å². The first-order valence-corrected chi connectivity index (χ1v) is 8.12. The predicted molar refractivity (Wildman–Crippen MR) is 92.0 cm³/mol. The minimum Gasteiger partial charge on any atom is -0.493 e. The van der Waals surface area contributed by atoms with Crippen LogP contribution in [-0.4, -0.2) is 50.1 Å². The highest BCUT2D eigenvalue weighted by atomic mass is 16.5. The molecule has 6 nitrogen and oxygen atoms in total. The third-order valence-electron chi connectivity index (χ3n) is 3.80. The summed E-state index contributed by atoms with van der Waals surface area (Å²) in [6, 6.07) is 5.48. The van der Waals surface area contributed by atoms with Gasteiger partial charge in [-0.1, -0.05) is 18.2 Å². The second-order valence-corrected chi connectivity index (χ2v) is 5.56. The number of carbonyl (C=O) groups is 2. The molecule has 24 heavy (non-hydrogen) atoms. The van der Waals surface area contributed by atoms with Crippen molar-refractivity contribution in [1.29, 1.82) is 0 Å². The van der Waals surface area contributed by atoms with Crippen LogP contribution in [-0.2, 0) is 9.59 Å². The van der Waals surface area contributed by atoms with Crippen molar-refractivity contribution in [1.82, 2.24) is 10.2 Å². The number of nitrogens with one attached hydrogen (secondary N) is 1. The number of ether oxygens (including phenoxy) is 2. The van der Waals surface area contributed by atoms with Gasteiger partial charge in [-0.2, -0.15) is 0 Å². The summed E-state index contributed by atoms with van der Waals surface area (Å²) in [5, 5.41) is 2.59. The number of likely N-dealkylation sites (tertiary alicyclic amines) is 1. The Hall–Kier alpha value is -2.50. The lowest BCUT2D eigenvalue weighted by molar-refractivity contribution is -0.132. The molecule has 0 spiro atoms. The minimum atomic E-state index is -0.331. The molecule has 2 amide bonds. The molecule has 0 saturated carbocycles. The van der Waals surface area contributed by atoms with Crippen LogP contribution < -0.4 is 14.8 Å². The van der Waals surface area contributed by atoms with Gasteiger partial charge in [-0.3, -0.25) is 9.59 Å². The summed E-state index contributed by atoms with van der Waals surface area (Å²) in [5.41, 5.74) is 0.988. The van der Waals surface area contributed by atoms with Gasteiger partial charge in [-0.15, -0.1) is 0 Å². The van der Waals surface area contributed by atoms with E-state index in [1.54, 1.807) is 18.1 Å². The molecule has 2 rings (SSSR count). The number of allylic oxidation sites excluding steroid dienone is 1. The van der Waals surface area contributed by atoms with Crippen molar-refractivity contribution >= 4 is 17.9 Å². The average molecular weight is 332 g/mol. The summed E-state index contributed by atoms with van der Waals surface area (Å²) < 4.78 is 10.8. The van der Waals surface area contributed by atoms with E-state index < -0.39 is 0 Å². The molecule has 0 radical (unpaired) electrons. The Bertz CT molecular complexity index is 607. The third-order valence-corrected chi connectivity index (χ3v) is 3.80. The normalized spacial score (nSPS) is 14.0. The van der Waals surface area contributed by atoms with Gasteiger partial charge in [-0.05, 0) is 37.5 Å². The molecular formula is C18H24N2O4. The van der Waals surface area contributed by atoms with Crippen LogP contribution in [0.4, 0.5) is 0 Å². The summed E-state index contributed by atoms with van der Waals surface area (Å²) in [5.74, 6) is 0.676. The summed E-state index contributed by atoms with van der Waals surface area (Å²) in [4.78, 5) is 25.5. The van der Waals surface area contributed by atoms with E-state index >= 15 is 0 Å². The van der Waals surface area contributed by atoms with Crippen molar-refractivity contribution in [3.8, 4) is 11.5 Å².